The topological polar surface area (TPSA) is 55.1 Å². The Balaban J connectivity index is 1.60. The van der Waals surface area contributed by atoms with Crippen LogP contribution in [-0.2, 0) is 13.0 Å². The third kappa shape index (κ3) is 3.60. The van der Waals surface area contributed by atoms with E-state index >= 15 is 0 Å². The van der Waals surface area contributed by atoms with Crippen LogP contribution < -0.4 is 9.47 Å². The molecule has 27 heavy (non-hydrogen) atoms. The second-order valence-corrected chi connectivity index (χ2v) is 7.06. The Bertz CT molecular complexity index is 941. The Labute approximate surface area is 159 Å². The lowest BCUT2D eigenvalue weighted by Crippen LogP contribution is -2.18. The van der Waals surface area contributed by atoms with Crippen molar-refractivity contribution < 1.29 is 19.0 Å². The van der Waals surface area contributed by atoms with Gasteiger partial charge in [-0.05, 0) is 43.1 Å². The van der Waals surface area contributed by atoms with Gasteiger partial charge in [-0.15, -0.1) is 0 Å². The van der Waals surface area contributed by atoms with E-state index in [0.717, 1.165) is 12.1 Å². The number of methoxy groups -OCH3 is 2. The van der Waals surface area contributed by atoms with Gasteiger partial charge in [0.1, 0.15) is 5.58 Å². The second-order valence-electron chi connectivity index (χ2n) is 7.06. The molecule has 3 aromatic rings. The maximum absolute atomic E-state index is 10.6. The standard InChI is InChI=1S/C22H25NO4/c1-25-19-12-17-18(13-20(19)26-2)27-21(22(17)24)11-15-6-5-7-16(10-15)14-23-8-3-4-9-23/h5-7,10,12-13,24H,3-4,8-9,11,14H2,1-2H3. The molecule has 1 aliphatic heterocycles. The number of hydrogen-bond acceptors (Lipinski definition) is 5. The van der Waals surface area contributed by atoms with Crippen LogP contribution in [0.5, 0.6) is 17.2 Å². The van der Waals surface area contributed by atoms with Crippen LogP contribution >= 0.6 is 0 Å². The zero-order valence-corrected chi connectivity index (χ0v) is 15.8. The van der Waals surface area contributed by atoms with Crippen LogP contribution in [0.3, 0.4) is 0 Å². The lowest BCUT2D eigenvalue weighted by atomic mass is 10.1. The maximum Gasteiger partial charge on any atom is 0.165 e. The maximum atomic E-state index is 10.6. The summed E-state index contributed by atoms with van der Waals surface area (Å²) in [4.78, 5) is 2.48. The van der Waals surface area contributed by atoms with Crippen LogP contribution in [0.25, 0.3) is 11.0 Å². The van der Waals surface area contributed by atoms with Crippen molar-refractivity contribution >= 4 is 11.0 Å². The fourth-order valence-electron chi connectivity index (χ4n) is 3.80. The molecule has 1 aromatic heterocycles. The molecule has 0 unspecified atom stereocenters. The van der Waals surface area contributed by atoms with Gasteiger partial charge in [0.05, 0.1) is 19.6 Å². The summed E-state index contributed by atoms with van der Waals surface area (Å²) >= 11 is 0. The Kier molecular flexibility index (Phi) is 4.94. The van der Waals surface area contributed by atoms with Crippen molar-refractivity contribution in [3.63, 3.8) is 0 Å². The molecule has 4 rings (SSSR count). The zero-order chi connectivity index (χ0) is 18.8. The number of nitrogens with zero attached hydrogens (tertiary/aromatic N) is 1. The molecule has 5 heteroatoms. The number of rotatable bonds is 6. The van der Waals surface area contributed by atoms with E-state index in [0.29, 0.717) is 34.6 Å². The highest BCUT2D eigenvalue weighted by molar-refractivity contribution is 5.88. The monoisotopic (exact) mass is 367 g/mol. The first-order chi connectivity index (χ1) is 13.2. The van der Waals surface area contributed by atoms with Gasteiger partial charge in [0.15, 0.2) is 23.0 Å². The quantitative estimate of drug-likeness (QED) is 0.702. The molecule has 1 aliphatic rings. The molecule has 0 atom stereocenters. The third-order valence-electron chi connectivity index (χ3n) is 5.20. The summed E-state index contributed by atoms with van der Waals surface area (Å²) < 4.78 is 16.6. The fourth-order valence-corrected chi connectivity index (χ4v) is 3.80. The van der Waals surface area contributed by atoms with Crippen molar-refractivity contribution in [1.82, 2.24) is 4.90 Å². The number of likely N-dealkylation sites (tertiary alicyclic amines) is 1. The minimum absolute atomic E-state index is 0.163. The summed E-state index contributed by atoms with van der Waals surface area (Å²) in [6.07, 6.45) is 3.12. The van der Waals surface area contributed by atoms with Crippen LogP contribution in [0.4, 0.5) is 0 Å². The van der Waals surface area contributed by atoms with Crippen molar-refractivity contribution in [3.8, 4) is 17.2 Å². The predicted octanol–water partition coefficient (Wildman–Crippen LogP) is 4.34. The second kappa shape index (κ2) is 7.53. The largest absolute Gasteiger partial charge is 0.504 e. The third-order valence-corrected chi connectivity index (χ3v) is 5.20. The lowest BCUT2D eigenvalue weighted by molar-refractivity contribution is 0.331. The van der Waals surface area contributed by atoms with Gasteiger partial charge in [-0.3, -0.25) is 4.90 Å². The molecule has 0 bridgehead atoms. The molecule has 2 aromatic carbocycles. The number of aromatic hydroxyl groups is 1. The van der Waals surface area contributed by atoms with Gasteiger partial charge in [0, 0.05) is 19.0 Å². The number of fused-ring (bicyclic) bond motifs is 1. The van der Waals surface area contributed by atoms with Crippen LogP contribution in [0.2, 0.25) is 0 Å². The molecule has 0 saturated carbocycles. The molecule has 1 fully saturated rings. The predicted molar refractivity (Wildman–Crippen MR) is 105 cm³/mol. The van der Waals surface area contributed by atoms with Crippen molar-refractivity contribution in [3.05, 3.63) is 53.3 Å². The summed E-state index contributed by atoms with van der Waals surface area (Å²) in [5, 5.41) is 11.3. The van der Waals surface area contributed by atoms with Crippen molar-refractivity contribution in [2.24, 2.45) is 0 Å². The van der Waals surface area contributed by atoms with Crippen LogP contribution in [-0.4, -0.2) is 37.3 Å². The number of hydrogen-bond donors (Lipinski definition) is 1. The minimum Gasteiger partial charge on any atom is -0.504 e. The van der Waals surface area contributed by atoms with Crippen molar-refractivity contribution in [2.75, 3.05) is 27.3 Å². The highest BCUT2D eigenvalue weighted by Crippen LogP contribution is 2.40. The van der Waals surface area contributed by atoms with E-state index in [4.69, 9.17) is 13.9 Å². The summed E-state index contributed by atoms with van der Waals surface area (Å²) in [7, 11) is 3.16. The number of furan rings is 1. The molecule has 1 saturated heterocycles. The van der Waals surface area contributed by atoms with E-state index in [-0.39, 0.29) is 5.75 Å². The van der Waals surface area contributed by atoms with Crippen LogP contribution in [0.15, 0.2) is 40.8 Å². The molecule has 0 spiro atoms. The smallest absolute Gasteiger partial charge is 0.165 e. The van der Waals surface area contributed by atoms with Gasteiger partial charge >= 0.3 is 0 Å². The lowest BCUT2D eigenvalue weighted by Gasteiger charge is -2.15. The van der Waals surface area contributed by atoms with Gasteiger partial charge < -0.3 is 19.0 Å². The van der Waals surface area contributed by atoms with E-state index in [1.54, 1.807) is 26.4 Å². The number of ether oxygens (including phenoxy) is 2. The molecular formula is C22H25NO4. The molecule has 142 valence electrons. The van der Waals surface area contributed by atoms with Gasteiger partial charge in [0.2, 0.25) is 0 Å². The molecule has 0 radical (unpaired) electrons. The van der Waals surface area contributed by atoms with Gasteiger partial charge in [-0.1, -0.05) is 24.3 Å². The Hall–Kier alpha value is -2.66. The molecule has 1 N–H and O–H groups in total. The highest BCUT2D eigenvalue weighted by Gasteiger charge is 2.18. The van der Waals surface area contributed by atoms with E-state index in [2.05, 4.69) is 29.2 Å². The van der Waals surface area contributed by atoms with E-state index in [1.165, 1.54) is 31.5 Å². The minimum atomic E-state index is 0.163. The van der Waals surface area contributed by atoms with E-state index in [1.807, 2.05) is 0 Å². The highest BCUT2D eigenvalue weighted by atomic mass is 16.5. The van der Waals surface area contributed by atoms with Crippen LogP contribution in [0.1, 0.15) is 29.7 Å². The van der Waals surface area contributed by atoms with Gasteiger partial charge in [0.25, 0.3) is 0 Å². The van der Waals surface area contributed by atoms with Crippen molar-refractivity contribution in [1.29, 1.82) is 0 Å². The summed E-state index contributed by atoms with van der Waals surface area (Å²) in [6.45, 7) is 3.34. The van der Waals surface area contributed by atoms with E-state index in [9.17, 15) is 5.11 Å². The first-order valence-corrected chi connectivity index (χ1v) is 9.34. The summed E-state index contributed by atoms with van der Waals surface area (Å²) in [5.41, 5.74) is 3.02. The normalized spacial score (nSPS) is 14.7. The van der Waals surface area contributed by atoms with E-state index < -0.39 is 0 Å². The SMILES string of the molecule is COc1cc2oc(Cc3cccc(CN4CCCC4)c3)c(O)c2cc1OC. The Morgan fingerprint density at radius 3 is 2.44 bits per heavy atom. The Morgan fingerprint density at radius 2 is 1.70 bits per heavy atom. The number of benzene rings is 2. The molecule has 0 aliphatic carbocycles. The molecular weight excluding hydrogens is 342 g/mol. The average molecular weight is 367 g/mol. The first kappa shape index (κ1) is 17.7. The van der Waals surface area contributed by atoms with Gasteiger partial charge in [-0.2, -0.15) is 0 Å². The van der Waals surface area contributed by atoms with Crippen LogP contribution in [0, 0.1) is 0 Å². The Morgan fingerprint density at radius 1 is 1.00 bits per heavy atom. The average Bonchev–Trinajstić information content (AvgIpc) is 3.29. The molecule has 5 nitrogen and oxygen atoms in total. The summed E-state index contributed by atoms with van der Waals surface area (Å²) in [6, 6.07) is 12.0. The summed E-state index contributed by atoms with van der Waals surface area (Å²) in [5.74, 6) is 1.87. The molecule has 0 amide bonds. The zero-order valence-electron chi connectivity index (χ0n) is 15.8. The molecule has 2 heterocycles. The first-order valence-electron chi connectivity index (χ1n) is 9.34. The fraction of sp³-hybridized carbons (Fsp3) is 0.364. The van der Waals surface area contributed by atoms with Crippen molar-refractivity contribution in [2.45, 2.75) is 25.8 Å². The van der Waals surface area contributed by atoms with Gasteiger partial charge in [-0.25, -0.2) is 0 Å².